The van der Waals surface area contributed by atoms with Gasteiger partial charge in [-0.1, -0.05) is 35.5 Å². The molecule has 0 bridgehead atoms. The molecule has 31 heavy (non-hydrogen) atoms. The lowest BCUT2D eigenvalue weighted by Gasteiger charge is -2.37. The predicted molar refractivity (Wildman–Crippen MR) is 114 cm³/mol. The second-order valence-corrected chi connectivity index (χ2v) is 7.69. The van der Waals surface area contributed by atoms with Crippen LogP contribution in [0.2, 0.25) is 0 Å². The number of hydrogen-bond donors (Lipinski definition) is 1. The van der Waals surface area contributed by atoms with E-state index in [4.69, 9.17) is 14.3 Å². The quantitative estimate of drug-likeness (QED) is 0.815. The Morgan fingerprint density at radius 1 is 1.10 bits per heavy atom. The number of piperidine rings is 1. The average molecular weight is 423 g/mol. The van der Waals surface area contributed by atoms with E-state index < -0.39 is 11.7 Å². The van der Waals surface area contributed by atoms with Gasteiger partial charge < -0.3 is 24.5 Å². The maximum absolute atomic E-state index is 12.7. The van der Waals surface area contributed by atoms with E-state index in [1.807, 2.05) is 35.2 Å². The largest absolute Gasteiger partial charge is 0.497 e. The molecule has 2 aromatic carbocycles. The third-order valence-electron chi connectivity index (χ3n) is 5.60. The third kappa shape index (κ3) is 4.96. The molecule has 1 fully saturated rings. The van der Waals surface area contributed by atoms with Crippen molar-refractivity contribution in [3.05, 3.63) is 65.7 Å². The van der Waals surface area contributed by atoms with Gasteiger partial charge in [-0.15, -0.1) is 0 Å². The summed E-state index contributed by atoms with van der Waals surface area (Å²) in [5, 5.41) is 6.68. The highest BCUT2D eigenvalue weighted by Gasteiger charge is 2.44. The molecule has 4 rings (SSSR count). The first-order valence-corrected chi connectivity index (χ1v) is 10.2. The first-order valence-electron chi connectivity index (χ1n) is 10.2. The van der Waals surface area contributed by atoms with Gasteiger partial charge in [0.25, 0.3) is 5.91 Å². The van der Waals surface area contributed by atoms with Crippen LogP contribution in [0.4, 0.5) is 4.79 Å². The molecule has 162 valence electrons. The van der Waals surface area contributed by atoms with Crippen LogP contribution in [0, 0.1) is 0 Å². The zero-order valence-corrected chi connectivity index (χ0v) is 17.4. The van der Waals surface area contributed by atoms with Crippen molar-refractivity contribution in [1.82, 2.24) is 10.2 Å². The lowest BCUT2D eigenvalue weighted by Crippen LogP contribution is -2.47. The van der Waals surface area contributed by atoms with E-state index in [9.17, 15) is 9.59 Å². The number of carbonyl (C=O) groups is 2. The Hall–Kier alpha value is -3.55. The molecule has 0 saturated carbocycles. The van der Waals surface area contributed by atoms with E-state index in [0.29, 0.717) is 50.2 Å². The van der Waals surface area contributed by atoms with Gasteiger partial charge in [0.15, 0.2) is 0 Å². The smallest absolute Gasteiger partial charge is 0.414 e. The fraction of sp³-hybridized carbons (Fsp3) is 0.348. The summed E-state index contributed by atoms with van der Waals surface area (Å²) in [6.07, 6.45) is 1.10. The summed E-state index contributed by atoms with van der Waals surface area (Å²) >= 11 is 0. The van der Waals surface area contributed by atoms with Crippen LogP contribution in [0.1, 0.15) is 35.2 Å². The predicted octanol–water partition coefficient (Wildman–Crippen LogP) is 3.33. The topological polar surface area (TPSA) is 89.5 Å². The van der Waals surface area contributed by atoms with Gasteiger partial charge in [-0.25, -0.2) is 4.79 Å². The number of nitrogens with zero attached hydrogens (tertiary/aromatic N) is 2. The van der Waals surface area contributed by atoms with Crippen LogP contribution in [0.5, 0.6) is 5.75 Å². The molecule has 0 radical (unpaired) electrons. The molecular weight excluding hydrogens is 398 g/mol. The third-order valence-corrected chi connectivity index (χ3v) is 5.60. The van der Waals surface area contributed by atoms with E-state index in [2.05, 4.69) is 10.5 Å². The molecule has 2 amide bonds. The second-order valence-electron chi connectivity index (χ2n) is 7.69. The summed E-state index contributed by atoms with van der Waals surface area (Å²) in [6.45, 7) is 1.48. The van der Waals surface area contributed by atoms with E-state index in [-0.39, 0.29) is 11.8 Å². The Kier molecular flexibility index (Phi) is 6.06. The number of nitrogens with one attached hydrogen (secondary N) is 1. The molecule has 0 atom stereocenters. The summed E-state index contributed by atoms with van der Waals surface area (Å²) in [4.78, 5) is 32.3. The molecule has 2 aliphatic heterocycles. The number of carbonyl (C=O) groups excluding carboxylic acids is 2. The van der Waals surface area contributed by atoms with Gasteiger partial charge in [0.05, 0.1) is 13.5 Å². The van der Waals surface area contributed by atoms with Crippen molar-refractivity contribution in [2.75, 3.05) is 20.2 Å². The fourth-order valence-corrected chi connectivity index (χ4v) is 3.76. The highest BCUT2D eigenvalue weighted by molar-refractivity contribution is 5.94. The first kappa shape index (κ1) is 20.7. The first-order chi connectivity index (χ1) is 15.1. The van der Waals surface area contributed by atoms with Gasteiger partial charge in [-0.05, 0) is 29.8 Å². The minimum atomic E-state index is -0.560. The number of alkyl carbamates (subject to hydrolysis) is 1. The van der Waals surface area contributed by atoms with Crippen LogP contribution >= 0.6 is 0 Å². The monoisotopic (exact) mass is 423 g/mol. The van der Waals surface area contributed by atoms with Crippen molar-refractivity contribution < 1.29 is 23.9 Å². The van der Waals surface area contributed by atoms with E-state index in [1.165, 1.54) is 0 Å². The highest BCUT2D eigenvalue weighted by atomic mass is 16.7. The molecule has 1 spiro atoms. The molecular formula is C23H25N3O5. The van der Waals surface area contributed by atoms with E-state index in [1.54, 1.807) is 31.4 Å². The molecule has 2 aliphatic rings. The van der Waals surface area contributed by atoms with Crippen molar-refractivity contribution >= 4 is 17.9 Å². The molecule has 8 nitrogen and oxygen atoms in total. The Bertz CT molecular complexity index is 951. The number of methoxy groups -OCH3 is 1. The Morgan fingerprint density at radius 2 is 1.81 bits per heavy atom. The van der Waals surface area contributed by atoms with Crippen molar-refractivity contribution in [1.29, 1.82) is 0 Å². The number of amides is 2. The Morgan fingerprint density at radius 3 is 2.48 bits per heavy atom. The zero-order valence-electron chi connectivity index (χ0n) is 17.4. The molecule has 2 aromatic rings. The van der Waals surface area contributed by atoms with Gasteiger partial charge in [0.1, 0.15) is 11.4 Å². The Balaban J connectivity index is 1.24. The number of likely N-dealkylation sites (tertiary alicyclic amines) is 1. The molecule has 2 heterocycles. The summed E-state index contributed by atoms with van der Waals surface area (Å²) in [7, 11) is 1.59. The van der Waals surface area contributed by atoms with Crippen LogP contribution in [0.15, 0.2) is 59.8 Å². The van der Waals surface area contributed by atoms with Crippen LogP contribution in [-0.4, -0.2) is 48.6 Å². The summed E-state index contributed by atoms with van der Waals surface area (Å²) in [5.74, 6) is 0.958. The van der Waals surface area contributed by atoms with E-state index in [0.717, 1.165) is 5.56 Å². The molecule has 0 aromatic heterocycles. The summed E-state index contributed by atoms with van der Waals surface area (Å²) in [6, 6.07) is 16.7. The van der Waals surface area contributed by atoms with E-state index >= 15 is 0 Å². The number of hydrogen-bond acceptors (Lipinski definition) is 6. The maximum Gasteiger partial charge on any atom is 0.414 e. The van der Waals surface area contributed by atoms with Crippen LogP contribution in [-0.2, 0) is 16.1 Å². The molecule has 0 aliphatic carbocycles. The van der Waals surface area contributed by atoms with Gasteiger partial charge in [-0.3, -0.25) is 4.79 Å². The summed E-state index contributed by atoms with van der Waals surface area (Å²) in [5.41, 5.74) is 1.08. The Labute approximate surface area is 180 Å². The van der Waals surface area contributed by atoms with Gasteiger partial charge in [0.2, 0.25) is 5.90 Å². The zero-order chi connectivity index (χ0) is 21.7. The van der Waals surface area contributed by atoms with Gasteiger partial charge in [0, 0.05) is 38.0 Å². The normalized spacial score (nSPS) is 16.9. The van der Waals surface area contributed by atoms with Crippen molar-refractivity contribution in [2.45, 2.75) is 31.4 Å². The molecule has 1 N–H and O–H groups in total. The number of benzene rings is 2. The highest BCUT2D eigenvalue weighted by Crippen LogP contribution is 2.35. The van der Waals surface area contributed by atoms with Crippen molar-refractivity contribution in [3.8, 4) is 5.75 Å². The minimum Gasteiger partial charge on any atom is -0.497 e. The number of ether oxygens (including phenoxy) is 2. The van der Waals surface area contributed by atoms with Crippen LogP contribution < -0.4 is 10.1 Å². The van der Waals surface area contributed by atoms with Crippen molar-refractivity contribution in [2.24, 2.45) is 5.16 Å². The molecule has 8 heteroatoms. The minimum absolute atomic E-state index is 0.0202. The number of rotatable bonds is 4. The molecule has 0 unspecified atom stereocenters. The van der Waals surface area contributed by atoms with Gasteiger partial charge in [-0.2, -0.15) is 0 Å². The molecule has 1 saturated heterocycles. The van der Waals surface area contributed by atoms with Crippen LogP contribution in [0.3, 0.4) is 0 Å². The average Bonchev–Trinajstić information content (AvgIpc) is 3.20. The van der Waals surface area contributed by atoms with Crippen LogP contribution in [0.25, 0.3) is 0 Å². The van der Waals surface area contributed by atoms with Crippen molar-refractivity contribution in [3.63, 3.8) is 0 Å². The lowest BCUT2D eigenvalue weighted by atomic mass is 9.88. The summed E-state index contributed by atoms with van der Waals surface area (Å²) < 4.78 is 10.4. The lowest BCUT2D eigenvalue weighted by molar-refractivity contribution is -0.0568. The maximum atomic E-state index is 12.7. The second kappa shape index (κ2) is 9.07. The standard InChI is InChI=1S/C23H25N3O5/c1-29-19-9-7-18(8-10-19)21(27)26-13-11-23(12-14-26)15-20(25-31-23)30-22(28)24-16-17-5-3-2-4-6-17/h2-10H,11-16H2,1H3,(H,24,28). The number of oxime groups is 1. The van der Waals surface area contributed by atoms with Gasteiger partial charge >= 0.3 is 6.09 Å². The SMILES string of the molecule is COc1ccc(C(=O)N2CCC3(CC2)CC(OC(=O)NCc2ccccc2)=NO3)cc1. The fourth-order valence-electron chi connectivity index (χ4n) is 3.76.